The predicted octanol–water partition coefficient (Wildman–Crippen LogP) is 2.43. The fourth-order valence-electron chi connectivity index (χ4n) is 2.48. The predicted molar refractivity (Wildman–Crippen MR) is 67.3 cm³/mol. The second-order valence-electron chi connectivity index (χ2n) is 5.12. The largest absolute Gasteiger partial charge is 0.480 e. The Labute approximate surface area is 115 Å². The first-order chi connectivity index (χ1) is 9.36. The molecule has 0 radical (unpaired) electrons. The average Bonchev–Trinajstić information content (AvgIpc) is 2.41. The standard InChI is InChI=1S/C14H15F2NO3/c1-14(13(19)20)6-2-3-7-17(14)12(18)10-8-9(15)4-5-11(10)16/h4-5,8H,2-3,6-7H2,1H3,(H,19,20). The molecule has 1 atom stereocenters. The fraction of sp³-hybridized carbons (Fsp3) is 0.429. The Morgan fingerprint density at radius 2 is 2.00 bits per heavy atom. The van der Waals surface area contributed by atoms with Crippen LogP contribution in [0.3, 0.4) is 0 Å². The summed E-state index contributed by atoms with van der Waals surface area (Å²) < 4.78 is 26.8. The van der Waals surface area contributed by atoms with E-state index >= 15 is 0 Å². The summed E-state index contributed by atoms with van der Waals surface area (Å²) in [5.41, 5.74) is -1.81. The van der Waals surface area contributed by atoms with Crippen molar-refractivity contribution in [1.82, 2.24) is 4.90 Å². The molecular weight excluding hydrogens is 268 g/mol. The van der Waals surface area contributed by atoms with Crippen molar-refractivity contribution in [2.75, 3.05) is 6.54 Å². The van der Waals surface area contributed by atoms with Gasteiger partial charge in [-0.25, -0.2) is 13.6 Å². The van der Waals surface area contributed by atoms with Crippen molar-refractivity contribution in [3.63, 3.8) is 0 Å². The summed E-state index contributed by atoms with van der Waals surface area (Å²) in [6.45, 7) is 1.65. The van der Waals surface area contributed by atoms with Crippen molar-refractivity contribution in [2.45, 2.75) is 31.7 Å². The zero-order valence-corrected chi connectivity index (χ0v) is 11.0. The van der Waals surface area contributed by atoms with Gasteiger partial charge in [0.15, 0.2) is 0 Å². The number of hydrogen-bond acceptors (Lipinski definition) is 2. The molecule has 0 saturated carbocycles. The highest BCUT2D eigenvalue weighted by atomic mass is 19.1. The van der Waals surface area contributed by atoms with Gasteiger partial charge in [0.25, 0.3) is 5.91 Å². The van der Waals surface area contributed by atoms with Gasteiger partial charge in [0.2, 0.25) is 0 Å². The topological polar surface area (TPSA) is 57.6 Å². The molecule has 1 saturated heterocycles. The van der Waals surface area contributed by atoms with Crippen LogP contribution < -0.4 is 0 Å². The maximum Gasteiger partial charge on any atom is 0.329 e. The summed E-state index contributed by atoms with van der Waals surface area (Å²) in [6.07, 6.45) is 1.62. The third-order valence-corrected chi connectivity index (χ3v) is 3.76. The Morgan fingerprint density at radius 3 is 2.65 bits per heavy atom. The number of amides is 1. The summed E-state index contributed by atoms with van der Waals surface area (Å²) in [7, 11) is 0. The number of piperidine rings is 1. The lowest BCUT2D eigenvalue weighted by molar-refractivity contribution is -0.150. The highest BCUT2D eigenvalue weighted by Crippen LogP contribution is 2.30. The number of carboxylic acids is 1. The van der Waals surface area contributed by atoms with Gasteiger partial charge in [0.05, 0.1) is 5.56 Å². The quantitative estimate of drug-likeness (QED) is 0.907. The molecule has 1 N–H and O–H groups in total. The van der Waals surface area contributed by atoms with Crippen LogP contribution in [0.25, 0.3) is 0 Å². The zero-order valence-electron chi connectivity index (χ0n) is 11.0. The normalized spacial score (nSPS) is 22.6. The first-order valence-electron chi connectivity index (χ1n) is 6.36. The minimum absolute atomic E-state index is 0.220. The minimum Gasteiger partial charge on any atom is -0.480 e. The molecule has 0 aromatic heterocycles. The van der Waals surface area contributed by atoms with E-state index in [1.807, 2.05) is 0 Å². The highest BCUT2D eigenvalue weighted by molar-refractivity contribution is 5.98. The molecule has 1 fully saturated rings. The number of carbonyl (C=O) groups excluding carboxylic acids is 1. The van der Waals surface area contributed by atoms with E-state index in [2.05, 4.69) is 0 Å². The lowest BCUT2D eigenvalue weighted by atomic mass is 9.88. The van der Waals surface area contributed by atoms with E-state index < -0.39 is 34.6 Å². The molecule has 4 nitrogen and oxygen atoms in total. The molecule has 0 aliphatic carbocycles. The summed E-state index contributed by atoms with van der Waals surface area (Å²) in [5, 5.41) is 9.33. The lowest BCUT2D eigenvalue weighted by Gasteiger charge is -2.41. The smallest absolute Gasteiger partial charge is 0.329 e. The third-order valence-electron chi connectivity index (χ3n) is 3.76. The van der Waals surface area contributed by atoms with Gasteiger partial charge in [0.1, 0.15) is 17.2 Å². The van der Waals surface area contributed by atoms with E-state index in [1.54, 1.807) is 0 Å². The molecule has 1 unspecified atom stereocenters. The number of benzene rings is 1. The van der Waals surface area contributed by atoms with E-state index in [0.717, 1.165) is 23.1 Å². The van der Waals surface area contributed by atoms with Crippen molar-refractivity contribution in [3.05, 3.63) is 35.4 Å². The van der Waals surface area contributed by atoms with Crippen molar-refractivity contribution in [2.24, 2.45) is 0 Å². The summed E-state index contributed by atoms with van der Waals surface area (Å²) in [6, 6.07) is 2.58. The molecular formula is C14H15F2NO3. The SMILES string of the molecule is CC1(C(=O)O)CCCCN1C(=O)c1cc(F)ccc1F. The Hall–Kier alpha value is -1.98. The maximum absolute atomic E-state index is 13.7. The van der Waals surface area contributed by atoms with Crippen molar-refractivity contribution >= 4 is 11.9 Å². The van der Waals surface area contributed by atoms with E-state index in [-0.39, 0.29) is 6.54 Å². The Morgan fingerprint density at radius 1 is 1.30 bits per heavy atom. The highest BCUT2D eigenvalue weighted by Gasteiger charge is 2.44. The van der Waals surface area contributed by atoms with E-state index in [0.29, 0.717) is 19.3 Å². The second-order valence-corrected chi connectivity index (χ2v) is 5.12. The van der Waals surface area contributed by atoms with Gasteiger partial charge in [0, 0.05) is 6.54 Å². The van der Waals surface area contributed by atoms with Gasteiger partial charge in [-0.1, -0.05) is 0 Å². The van der Waals surface area contributed by atoms with Gasteiger partial charge >= 0.3 is 5.97 Å². The molecule has 0 spiro atoms. The zero-order chi connectivity index (χ0) is 14.9. The van der Waals surface area contributed by atoms with Crippen molar-refractivity contribution < 1.29 is 23.5 Å². The molecule has 1 aliphatic heterocycles. The first-order valence-corrected chi connectivity index (χ1v) is 6.36. The van der Waals surface area contributed by atoms with Crippen LogP contribution in [0.5, 0.6) is 0 Å². The molecule has 6 heteroatoms. The molecule has 1 amide bonds. The van der Waals surface area contributed by atoms with Crippen LogP contribution in [0.15, 0.2) is 18.2 Å². The number of halogens is 2. The van der Waals surface area contributed by atoms with E-state index in [9.17, 15) is 23.5 Å². The summed E-state index contributed by atoms with van der Waals surface area (Å²) in [5.74, 6) is -3.51. The van der Waals surface area contributed by atoms with Crippen LogP contribution in [-0.2, 0) is 4.79 Å². The number of carbonyl (C=O) groups is 2. The molecule has 1 aliphatic rings. The number of hydrogen-bond donors (Lipinski definition) is 1. The first kappa shape index (κ1) is 14.4. The maximum atomic E-state index is 13.7. The Kier molecular flexibility index (Phi) is 3.74. The average molecular weight is 283 g/mol. The van der Waals surface area contributed by atoms with Gasteiger partial charge < -0.3 is 10.0 Å². The molecule has 20 heavy (non-hydrogen) atoms. The van der Waals surface area contributed by atoms with Crippen LogP contribution >= 0.6 is 0 Å². The molecule has 108 valence electrons. The number of carboxylic acid groups (broad SMARTS) is 1. The van der Waals surface area contributed by atoms with Gasteiger partial charge in [-0.15, -0.1) is 0 Å². The lowest BCUT2D eigenvalue weighted by Crippen LogP contribution is -2.57. The fourth-order valence-corrected chi connectivity index (χ4v) is 2.48. The Bertz CT molecular complexity index is 561. The van der Waals surface area contributed by atoms with Crippen molar-refractivity contribution in [1.29, 1.82) is 0 Å². The van der Waals surface area contributed by atoms with Crippen LogP contribution in [0.1, 0.15) is 36.5 Å². The third kappa shape index (κ3) is 2.37. The molecule has 0 bridgehead atoms. The summed E-state index contributed by atoms with van der Waals surface area (Å²) >= 11 is 0. The van der Waals surface area contributed by atoms with Gasteiger partial charge in [-0.2, -0.15) is 0 Å². The number of aliphatic carboxylic acids is 1. The molecule has 2 rings (SSSR count). The van der Waals surface area contributed by atoms with Gasteiger partial charge in [-0.3, -0.25) is 4.79 Å². The van der Waals surface area contributed by atoms with Crippen LogP contribution in [-0.4, -0.2) is 34.0 Å². The van der Waals surface area contributed by atoms with E-state index in [4.69, 9.17) is 0 Å². The number of likely N-dealkylation sites (tertiary alicyclic amines) is 1. The minimum atomic E-state index is -1.38. The van der Waals surface area contributed by atoms with Crippen LogP contribution in [0, 0.1) is 11.6 Å². The number of rotatable bonds is 2. The second kappa shape index (κ2) is 5.19. The number of nitrogens with zero attached hydrogens (tertiary/aromatic N) is 1. The van der Waals surface area contributed by atoms with Gasteiger partial charge in [-0.05, 0) is 44.4 Å². The van der Waals surface area contributed by atoms with E-state index in [1.165, 1.54) is 6.92 Å². The van der Waals surface area contributed by atoms with Crippen molar-refractivity contribution in [3.8, 4) is 0 Å². The molecule has 1 aromatic rings. The molecule has 1 heterocycles. The summed E-state index contributed by atoms with van der Waals surface area (Å²) in [4.78, 5) is 24.9. The Balaban J connectivity index is 2.40. The van der Waals surface area contributed by atoms with Crippen LogP contribution in [0.4, 0.5) is 8.78 Å². The van der Waals surface area contributed by atoms with Crippen LogP contribution in [0.2, 0.25) is 0 Å². The molecule has 1 aromatic carbocycles. The monoisotopic (exact) mass is 283 g/mol.